The minimum Gasteiger partial charge on any atom is -0.354 e. The van der Waals surface area contributed by atoms with Crippen LogP contribution in [-0.2, 0) is 16.6 Å². The SMILES string of the molecule is CCCC(C)(N)C(=O)NCCc1ccc(C(C)(C)C)cc1. The van der Waals surface area contributed by atoms with Crippen molar-refractivity contribution in [2.24, 2.45) is 5.73 Å². The van der Waals surface area contributed by atoms with Gasteiger partial charge in [0.15, 0.2) is 0 Å². The lowest BCUT2D eigenvalue weighted by Gasteiger charge is -2.23. The van der Waals surface area contributed by atoms with Gasteiger partial charge in [-0.2, -0.15) is 0 Å². The third kappa shape index (κ3) is 5.50. The van der Waals surface area contributed by atoms with Gasteiger partial charge in [-0.05, 0) is 36.3 Å². The number of nitrogens with two attached hydrogens (primary N) is 1. The van der Waals surface area contributed by atoms with Crippen molar-refractivity contribution < 1.29 is 4.79 Å². The second kappa shape index (κ2) is 7.08. The van der Waals surface area contributed by atoms with Gasteiger partial charge in [0, 0.05) is 6.54 Å². The Labute approximate surface area is 129 Å². The van der Waals surface area contributed by atoms with E-state index in [0.717, 1.165) is 12.8 Å². The molecule has 1 aromatic rings. The predicted octanol–water partition coefficient (Wildman–Crippen LogP) is 3.16. The third-order valence-electron chi connectivity index (χ3n) is 3.81. The topological polar surface area (TPSA) is 55.1 Å². The molecule has 0 aromatic heterocycles. The first kappa shape index (κ1) is 17.7. The van der Waals surface area contributed by atoms with Crippen LogP contribution < -0.4 is 11.1 Å². The maximum absolute atomic E-state index is 12.0. The highest BCUT2D eigenvalue weighted by Gasteiger charge is 2.26. The number of benzene rings is 1. The summed E-state index contributed by atoms with van der Waals surface area (Å²) in [5.74, 6) is -0.0596. The molecular formula is C18H30N2O. The molecule has 3 N–H and O–H groups in total. The van der Waals surface area contributed by atoms with Gasteiger partial charge < -0.3 is 11.1 Å². The molecule has 0 aliphatic heterocycles. The highest BCUT2D eigenvalue weighted by Crippen LogP contribution is 2.22. The maximum Gasteiger partial charge on any atom is 0.239 e. The fourth-order valence-corrected chi connectivity index (χ4v) is 2.33. The van der Waals surface area contributed by atoms with Crippen LogP contribution in [0.1, 0.15) is 58.6 Å². The zero-order valence-corrected chi connectivity index (χ0v) is 14.1. The van der Waals surface area contributed by atoms with E-state index >= 15 is 0 Å². The van der Waals surface area contributed by atoms with Crippen LogP contribution in [0.3, 0.4) is 0 Å². The molecule has 3 nitrogen and oxygen atoms in total. The van der Waals surface area contributed by atoms with E-state index in [1.54, 1.807) is 6.92 Å². The lowest BCUT2D eigenvalue weighted by atomic mass is 9.86. The van der Waals surface area contributed by atoms with E-state index in [9.17, 15) is 4.79 Å². The normalized spacial score (nSPS) is 14.6. The van der Waals surface area contributed by atoms with E-state index in [0.29, 0.717) is 13.0 Å². The molecule has 0 aliphatic rings. The van der Waals surface area contributed by atoms with E-state index in [1.165, 1.54) is 11.1 Å². The molecule has 3 heteroatoms. The molecule has 21 heavy (non-hydrogen) atoms. The zero-order chi connectivity index (χ0) is 16.1. The van der Waals surface area contributed by atoms with Gasteiger partial charge in [0.2, 0.25) is 5.91 Å². The lowest BCUT2D eigenvalue weighted by Crippen LogP contribution is -2.51. The summed E-state index contributed by atoms with van der Waals surface area (Å²) in [6.45, 7) is 11.1. The second-order valence-electron chi connectivity index (χ2n) is 7.12. The average Bonchev–Trinajstić information content (AvgIpc) is 2.38. The summed E-state index contributed by atoms with van der Waals surface area (Å²) >= 11 is 0. The van der Waals surface area contributed by atoms with Crippen LogP contribution in [0.25, 0.3) is 0 Å². The molecule has 0 heterocycles. The fourth-order valence-electron chi connectivity index (χ4n) is 2.33. The van der Waals surface area contributed by atoms with Crippen molar-refractivity contribution in [3.05, 3.63) is 35.4 Å². The van der Waals surface area contributed by atoms with Crippen molar-refractivity contribution in [3.63, 3.8) is 0 Å². The standard InChI is InChI=1S/C18H30N2O/c1-6-12-18(5,19)16(21)20-13-11-14-7-9-15(10-8-14)17(2,3)4/h7-10H,6,11-13,19H2,1-5H3,(H,20,21). The number of amides is 1. The van der Waals surface area contributed by atoms with Crippen LogP contribution in [0.5, 0.6) is 0 Å². The van der Waals surface area contributed by atoms with Gasteiger partial charge in [0.05, 0.1) is 5.54 Å². The molecule has 0 aliphatic carbocycles. The summed E-state index contributed by atoms with van der Waals surface area (Å²) in [5.41, 5.74) is 7.98. The van der Waals surface area contributed by atoms with Gasteiger partial charge in [0.1, 0.15) is 0 Å². The van der Waals surface area contributed by atoms with Crippen molar-refractivity contribution in [3.8, 4) is 0 Å². The van der Waals surface area contributed by atoms with E-state index in [-0.39, 0.29) is 11.3 Å². The molecule has 1 unspecified atom stereocenters. The summed E-state index contributed by atoms with van der Waals surface area (Å²) in [7, 11) is 0. The number of hydrogen-bond donors (Lipinski definition) is 2. The Hall–Kier alpha value is -1.35. The predicted molar refractivity (Wildman–Crippen MR) is 89.4 cm³/mol. The molecule has 1 amide bonds. The van der Waals surface area contributed by atoms with Crippen LogP contribution in [0.2, 0.25) is 0 Å². The van der Waals surface area contributed by atoms with Gasteiger partial charge in [-0.15, -0.1) is 0 Å². The van der Waals surface area contributed by atoms with Gasteiger partial charge >= 0.3 is 0 Å². The van der Waals surface area contributed by atoms with Gasteiger partial charge in [-0.3, -0.25) is 4.79 Å². The Kier molecular flexibility index (Phi) is 5.97. The summed E-state index contributed by atoms with van der Waals surface area (Å²) in [6, 6.07) is 8.61. The van der Waals surface area contributed by atoms with Gasteiger partial charge in [0.25, 0.3) is 0 Å². The summed E-state index contributed by atoms with van der Waals surface area (Å²) in [6.07, 6.45) is 2.45. The van der Waals surface area contributed by atoms with Crippen molar-refractivity contribution in [1.82, 2.24) is 5.32 Å². The minimum absolute atomic E-state index is 0.0596. The molecular weight excluding hydrogens is 260 g/mol. The summed E-state index contributed by atoms with van der Waals surface area (Å²) < 4.78 is 0. The average molecular weight is 290 g/mol. The Morgan fingerprint density at radius 3 is 2.19 bits per heavy atom. The number of carbonyl (C=O) groups is 1. The third-order valence-corrected chi connectivity index (χ3v) is 3.81. The van der Waals surface area contributed by atoms with E-state index in [1.807, 2.05) is 6.92 Å². The number of hydrogen-bond acceptors (Lipinski definition) is 2. The van der Waals surface area contributed by atoms with Crippen LogP contribution in [0.15, 0.2) is 24.3 Å². The van der Waals surface area contributed by atoms with Crippen LogP contribution in [-0.4, -0.2) is 18.0 Å². The monoisotopic (exact) mass is 290 g/mol. The number of rotatable bonds is 6. The van der Waals surface area contributed by atoms with Crippen molar-refractivity contribution >= 4 is 5.91 Å². The first-order chi connectivity index (χ1) is 9.66. The van der Waals surface area contributed by atoms with Crippen LogP contribution in [0, 0.1) is 0 Å². The highest BCUT2D eigenvalue weighted by atomic mass is 16.2. The molecule has 0 saturated carbocycles. The van der Waals surface area contributed by atoms with Crippen LogP contribution in [0.4, 0.5) is 0 Å². The number of nitrogens with one attached hydrogen (secondary N) is 1. The van der Waals surface area contributed by atoms with Crippen molar-refractivity contribution in [2.75, 3.05) is 6.54 Å². The van der Waals surface area contributed by atoms with Gasteiger partial charge in [-0.1, -0.05) is 58.4 Å². The van der Waals surface area contributed by atoms with Crippen molar-refractivity contribution in [1.29, 1.82) is 0 Å². The second-order valence-corrected chi connectivity index (χ2v) is 7.12. The van der Waals surface area contributed by atoms with Gasteiger partial charge in [-0.25, -0.2) is 0 Å². The molecule has 118 valence electrons. The van der Waals surface area contributed by atoms with E-state index in [2.05, 4.69) is 50.4 Å². The minimum atomic E-state index is -0.759. The highest BCUT2D eigenvalue weighted by molar-refractivity contribution is 5.85. The molecule has 0 bridgehead atoms. The summed E-state index contributed by atoms with van der Waals surface area (Å²) in [4.78, 5) is 12.0. The molecule has 0 fully saturated rings. The first-order valence-corrected chi connectivity index (χ1v) is 7.83. The Morgan fingerprint density at radius 1 is 1.14 bits per heavy atom. The Bertz CT molecular complexity index is 455. The molecule has 1 rings (SSSR count). The van der Waals surface area contributed by atoms with E-state index < -0.39 is 5.54 Å². The fraction of sp³-hybridized carbons (Fsp3) is 0.611. The Balaban J connectivity index is 2.48. The van der Waals surface area contributed by atoms with Crippen LogP contribution >= 0.6 is 0 Å². The zero-order valence-electron chi connectivity index (χ0n) is 14.1. The molecule has 1 atom stereocenters. The molecule has 0 spiro atoms. The maximum atomic E-state index is 12.0. The lowest BCUT2D eigenvalue weighted by molar-refractivity contribution is -0.126. The van der Waals surface area contributed by atoms with E-state index in [4.69, 9.17) is 5.73 Å². The smallest absolute Gasteiger partial charge is 0.239 e. The van der Waals surface area contributed by atoms with Crippen molar-refractivity contribution in [2.45, 2.75) is 64.8 Å². The first-order valence-electron chi connectivity index (χ1n) is 7.83. The molecule has 0 saturated heterocycles. The molecule has 0 radical (unpaired) electrons. The largest absolute Gasteiger partial charge is 0.354 e. The Morgan fingerprint density at radius 2 is 1.71 bits per heavy atom. The number of carbonyl (C=O) groups excluding carboxylic acids is 1. The summed E-state index contributed by atoms with van der Waals surface area (Å²) in [5, 5.41) is 2.94. The molecule has 1 aromatic carbocycles. The quantitative estimate of drug-likeness (QED) is 0.845.